The molecule has 2 aromatic rings. The minimum Gasteiger partial charge on any atom is -0.504 e. The lowest BCUT2D eigenvalue weighted by atomic mass is 10.0. The quantitative estimate of drug-likeness (QED) is 0.761. The molecule has 3 rings (SSSR count). The van der Waals surface area contributed by atoms with Crippen molar-refractivity contribution in [2.75, 3.05) is 11.9 Å². The lowest BCUT2D eigenvalue weighted by molar-refractivity contribution is 0.0683. The molecule has 0 bridgehead atoms. The predicted octanol–water partition coefficient (Wildman–Crippen LogP) is 3.07. The summed E-state index contributed by atoms with van der Waals surface area (Å²) < 4.78 is 0. The summed E-state index contributed by atoms with van der Waals surface area (Å²) in [5.41, 5.74) is 2.15. The number of rotatable bonds is 3. The molecule has 1 amide bonds. The van der Waals surface area contributed by atoms with Crippen molar-refractivity contribution >= 4 is 11.6 Å². The molecular formula is C17H18N2O3. The number of benzene rings is 2. The number of carbonyl (C=O) groups is 1. The molecule has 0 spiro atoms. The van der Waals surface area contributed by atoms with Gasteiger partial charge in [-0.2, -0.15) is 0 Å². The van der Waals surface area contributed by atoms with Crippen LogP contribution in [0.1, 0.15) is 35.4 Å². The molecule has 1 unspecified atom stereocenters. The van der Waals surface area contributed by atoms with Gasteiger partial charge < -0.3 is 20.4 Å². The van der Waals surface area contributed by atoms with E-state index in [1.54, 1.807) is 17.0 Å². The number of nitrogens with one attached hydrogen (secondary N) is 1. The zero-order valence-electron chi connectivity index (χ0n) is 12.3. The summed E-state index contributed by atoms with van der Waals surface area (Å²) in [6.45, 7) is 2.62. The van der Waals surface area contributed by atoms with E-state index in [1.165, 1.54) is 12.1 Å². The van der Waals surface area contributed by atoms with Gasteiger partial charge in [0.05, 0.1) is 5.56 Å². The Morgan fingerprint density at radius 2 is 1.91 bits per heavy atom. The van der Waals surface area contributed by atoms with Crippen LogP contribution < -0.4 is 5.32 Å². The normalized spacial score (nSPS) is 17.0. The van der Waals surface area contributed by atoms with Crippen LogP contribution in [-0.4, -0.2) is 27.6 Å². The van der Waals surface area contributed by atoms with E-state index < -0.39 is 0 Å². The van der Waals surface area contributed by atoms with Gasteiger partial charge >= 0.3 is 0 Å². The molecule has 3 N–H and O–H groups in total. The van der Waals surface area contributed by atoms with Crippen molar-refractivity contribution in [2.45, 2.75) is 19.5 Å². The van der Waals surface area contributed by atoms with Crippen LogP contribution in [0.2, 0.25) is 0 Å². The molecule has 0 saturated carbocycles. The van der Waals surface area contributed by atoms with Gasteiger partial charge in [0, 0.05) is 12.2 Å². The molecule has 0 fully saturated rings. The third kappa shape index (κ3) is 2.35. The van der Waals surface area contributed by atoms with Crippen LogP contribution in [0.3, 0.4) is 0 Å². The highest BCUT2D eigenvalue weighted by molar-refractivity contribution is 6.01. The summed E-state index contributed by atoms with van der Waals surface area (Å²) in [5.74, 6) is -0.399. The third-order valence-corrected chi connectivity index (χ3v) is 3.80. The predicted molar refractivity (Wildman–Crippen MR) is 83.9 cm³/mol. The SMILES string of the molecule is CCCN1C(=O)c2ccccc2NC1c1ccc(O)c(O)c1. The number of phenols is 2. The second kappa shape index (κ2) is 5.60. The fourth-order valence-electron chi connectivity index (χ4n) is 2.74. The number of carbonyl (C=O) groups excluding carboxylic acids is 1. The first-order chi connectivity index (χ1) is 10.6. The summed E-state index contributed by atoms with van der Waals surface area (Å²) >= 11 is 0. The van der Waals surface area contributed by atoms with Gasteiger partial charge in [-0.05, 0) is 36.2 Å². The van der Waals surface area contributed by atoms with E-state index in [0.29, 0.717) is 12.1 Å². The molecule has 0 saturated heterocycles. The first-order valence-corrected chi connectivity index (χ1v) is 7.30. The summed E-state index contributed by atoms with van der Waals surface area (Å²) in [6, 6.07) is 12.0. The molecular weight excluding hydrogens is 280 g/mol. The van der Waals surface area contributed by atoms with Crippen LogP contribution in [0.25, 0.3) is 0 Å². The van der Waals surface area contributed by atoms with E-state index in [4.69, 9.17) is 0 Å². The van der Waals surface area contributed by atoms with Crippen molar-refractivity contribution in [3.05, 3.63) is 53.6 Å². The second-order valence-electron chi connectivity index (χ2n) is 5.34. The molecule has 114 valence electrons. The zero-order valence-corrected chi connectivity index (χ0v) is 12.3. The van der Waals surface area contributed by atoms with Crippen LogP contribution in [-0.2, 0) is 0 Å². The van der Waals surface area contributed by atoms with Crippen molar-refractivity contribution in [1.29, 1.82) is 0 Å². The Labute approximate surface area is 128 Å². The van der Waals surface area contributed by atoms with Gasteiger partial charge in [-0.25, -0.2) is 0 Å². The van der Waals surface area contributed by atoms with Gasteiger partial charge in [-0.15, -0.1) is 0 Å². The fraction of sp³-hybridized carbons (Fsp3) is 0.235. The Balaban J connectivity index is 2.05. The van der Waals surface area contributed by atoms with Crippen molar-refractivity contribution in [3.8, 4) is 11.5 Å². The standard InChI is InChI=1S/C17H18N2O3/c1-2-9-19-16(11-7-8-14(20)15(21)10-11)18-13-6-4-3-5-12(13)17(19)22/h3-8,10,16,18,20-21H,2,9H2,1H3. The van der Waals surface area contributed by atoms with Gasteiger partial charge in [0.1, 0.15) is 6.17 Å². The summed E-state index contributed by atoms with van der Waals surface area (Å²) in [5, 5.41) is 22.5. The maximum atomic E-state index is 12.7. The van der Waals surface area contributed by atoms with Gasteiger partial charge in [0.15, 0.2) is 11.5 Å². The Morgan fingerprint density at radius 3 is 2.64 bits per heavy atom. The highest BCUT2D eigenvalue weighted by Gasteiger charge is 2.32. The Morgan fingerprint density at radius 1 is 1.14 bits per heavy atom. The largest absolute Gasteiger partial charge is 0.504 e. The lowest BCUT2D eigenvalue weighted by Gasteiger charge is -2.38. The van der Waals surface area contributed by atoms with Crippen molar-refractivity contribution < 1.29 is 15.0 Å². The number of anilines is 1. The highest BCUT2D eigenvalue weighted by Crippen LogP contribution is 2.35. The minimum atomic E-state index is -0.367. The Bertz CT molecular complexity index is 715. The molecule has 1 atom stereocenters. The van der Waals surface area contributed by atoms with Crippen molar-refractivity contribution in [2.24, 2.45) is 0 Å². The summed E-state index contributed by atoms with van der Waals surface area (Å²) in [7, 11) is 0. The first kappa shape index (κ1) is 14.3. The highest BCUT2D eigenvalue weighted by atomic mass is 16.3. The van der Waals surface area contributed by atoms with Crippen molar-refractivity contribution in [1.82, 2.24) is 4.90 Å². The maximum absolute atomic E-state index is 12.7. The van der Waals surface area contributed by atoms with E-state index in [-0.39, 0.29) is 23.6 Å². The van der Waals surface area contributed by atoms with E-state index >= 15 is 0 Å². The second-order valence-corrected chi connectivity index (χ2v) is 5.34. The van der Waals surface area contributed by atoms with Crippen LogP contribution in [0.4, 0.5) is 5.69 Å². The molecule has 2 aromatic carbocycles. The number of hydrogen-bond acceptors (Lipinski definition) is 4. The molecule has 5 heteroatoms. The van der Waals surface area contributed by atoms with E-state index in [2.05, 4.69) is 5.32 Å². The number of phenolic OH excluding ortho intramolecular Hbond substituents is 2. The topological polar surface area (TPSA) is 72.8 Å². The number of aromatic hydroxyl groups is 2. The molecule has 1 heterocycles. The molecule has 5 nitrogen and oxygen atoms in total. The Hall–Kier alpha value is -2.69. The lowest BCUT2D eigenvalue weighted by Crippen LogP contribution is -2.43. The fourth-order valence-corrected chi connectivity index (χ4v) is 2.74. The average Bonchev–Trinajstić information content (AvgIpc) is 2.53. The maximum Gasteiger partial charge on any atom is 0.257 e. The van der Waals surface area contributed by atoms with E-state index in [0.717, 1.165) is 17.7 Å². The number of fused-ring (bicyclic) bond motifs is 1. The van der Waals surface area contributed by atoms with Gasteiger partial charge in [0.25, 0.3) is 5.91 Å². The number of amides is 1. The van der Waals surface area contributed by atoms with Crippen LogP contribution in [0, 0.1) is 0 Å². The summed E-state index contributed by atoms with van der Waals surface area (Å²) in [6.07, 6.45) is 0.463. The van der Waals surface area contributed by atoms with Crippen molar-refractivity contribution in [3.63, 3.8) is 0 Å². The van der Waals surface area contributed by atoms with Crippen LogP contribution in [0.15, 0.2) is 42.5 Å². The van der Waals surface area contributed by atoms with Gasteiger partial charge in [0.2, 0.25) is 0 Å². The molecule has 0 aromatic heterocycles. The monoisotopic (exact) mass is 298 g/mol. The zero-order chi connectivity index (χ0) is 15.7. The molecule has 0 radical (unpaired) electrons. The molecule has 22 heavy (non-hydrogen) atoms. The van der Waals surface area contributed by atoms with Gasteiger partial charge in [-0.3, -0.25) is 4.79 Å². The average molecular weight is 298 g/mol. The first-order valence-electron chi connectivity index (χ1n) is 7.30. The minimum absolute atomic E-state index is 0.0336. The number of para-hydroxylation sites is 1. The summed E-state index contributed by atoms with van der Waals surface area (Å²) in [4.78, 5) is 14.5. The smallest absolute Gasteiger partial charge is 0.257 e. The molecule has 1 aliphatic heterocycles. The number of hydrogen-bond donors (Lipinski definition) is 3. The Kier molecular flexibility index (Phi) is 3.63. The molecule has 0 aliphatic carbocycles. The number of nitrogens with zero attached hydrogens (tertiary/aromatic N) is 1. The van der Waals surface area contributed by atoms with Gasteiger partial charge in [-0.1, -0.05) is 25.1 Å². The van der Waals surface area contributed by atoms with Crippen LogP contribution >= 0.6 is 0 Å². The third-order valence-electron chi connectivity index (χ3n) is 3.80. The van der Waals surface area contributed by atoms with E-state index in [9.17, 15) is 15.0 Å². The molecule has 1 aliphatic rings. The van der Waals surface area contributed by atoms with Crippen LogP contribution in [0.5, 0.6) is 11.5 Å². The van der Waals surface area contributed by atoms with E-state index in [1.807, 2.05) is 25.1 Å².